The molecule has 1 aromatic carbocycles. The molecule has 1 aliphatic carbocycles. The molecule has 24 heavy (non-hydrogen) atoms. The quantitative estimate of drug-likeness (QED) is 0.893. The highest BCUT2D eigenvalue weighted by molar-refractivity contribution is 5.86. The number of nitrogens with zero attached hydrogens (tertiary/aromatic N) is 1. The van der Waals surface area contributed by atoms with E-state index in [1.807, 2.05) is 0 Å². The molecule has 1 N–H and O–H groups in total. The third-order valence-electron chi connectivity index (χ3n) is 4.69. The summed E-state index contributed by atoms with van der Waals surface area (Å²) in [6, 6.07) is 3.18. The smallest absolute Gasteiger partial charge is 0.323 e. The molecule has 0 aromatic heterocycles. The van der Waals surface area contributed by atoms with Crippen molar-refractivity contribution < 1.29 is 28.2 Å². The molecule has 1 heterocycles. The summed E-state index contributed by atoms with van der Waals surface area (Å²) in [5.41, 5.74) is 0.317. The van der Waals surface area contributed by atoms with Gasteiger partial charge in [0, 0.05) is 31.2 Å². The number of aliphatic carboxylic acids is 1. The molecule has 5 nitrogen and oxygen atoms in total. The zero-order valence-electron chi connectivity index (χ0n) is 13.1. The average molecular weight is 339 g/mol. The van der Waals surface area contributed by atoms with Gasteiger partial charge in [-0.15, -0.1) is 0 Å². The SMILES string of the molecule is O=C(O)CN(C(=O)[C@@H]1C[C@H]1c1ccc(F)cc1F)C1CCOCC1. The minimum atomic E-state index is -1.07. The number of rotatable bonds is 5. The summed E-state index contributed by atoms with van der Waals surface area (Å²) in [6.07, 6.45) is 1.66. The highest BCUT2D eigenvalue weighted by Crippen LogP contribution is 2.49. The fourth-order valence-corrected chi connectivity index (χ4v) is 3.36. The van der Waals surface area contributed by atoms with E-state index in [-0.39, 0.29) is 24.4 Å². The van der Waals surface area contributed by atoms with Crippen molar-refractivity contribution in [2.75, 3.05) is 19.8 Å². The molecular weight excluding hydrogens is 320 g/mol. The molecule has 7 heteroatoms. The first-order chi connectivity index (χ1) is 11.5. The van der Waals surface area contributed by atoms with Gasteiger partial charge in [-0.1, -0.05) is 6.07 Å². The van der Waals surface area contributed by atoms with Gasteiger partial charge >= 0.3 is 5.97 Å². The van der Waals surface area contributed by atoms with Crippen LogP contribution in [-0.2, 0) is 14.3 Å². The second-order valence-electron chi connectivity index (χ2n) is 6.32. The highest BCUT2D eigenvalue weighted by Gasteiger charge is 2.48. The standard InChI is InChI=1S/C17H19F2NO4/c18-10-1-2-12(15(19)7-10)13-8-14(13)17(23)20(9-16(21)22)11-3-5-24-6-4-11/h1-2,7,11,13-14H,3-6,8-9H2,(H,21,22)/t13-,14+/m0/s1. The molecule has 1 saturated carbocycles. The van der Waals surface area contributed by atoms with Crippen LogP contribution >= 0.6 is 0 Å². The van der Waals surface area contributed by atoms with Crippen molar-refractivity contribution in [2.24, 2.45) is 5.92 Å². The molecule has 1 amide bonds. The Balaban J connectivity index is 1.72. The van der Waals surface area contributed by atoms with Gasteiger partial charge < -0.3 is 14.7 Å². The van der Waals surface area contributed by atoms with E-state index in [0.29, 0.717) is 38.0 Å². The maximum absolute atomic E-state index is 13.9. The van der Waals surface area contributed by atoms with Gasteiger partial charge in [0.1, 0.15) is 18.2 Å². The van der Waals surface area contributed by atoms with E-state index in [9.17, 15) is 18.4 Å². The van der Waals surface area contributed by atoms with E-state index in [4.69, 9.17) is 9.84 Å². The number of amides is 1. The van der Waals surface area contributed by atoms with Crippen molar-refractivity contribution >= 4 is 11.9 Å². The zero-order chi connectivity index (χ0) is 17.3. The van der Waals surface area contributed by atoms with Crippen LogP contribution in [0.1, 0.15) is 30.7 Å². The number of hydrogen-bond acceptors (Lipinski definition) is 3. The fourth-order valence-electron chi connectivity index (χ4n) is 3.36. The third-order valence-corrected chi connectivity index (χ3v) is 4.69. The Morgan fingerprint density at radius 1 is 1.25 bits per heavy atom. The lowest BCUT2D eigenvalue weighted by molar-refractivity contribution is -0.148. The molecule has 3 rings (SSSR count). The first-order valence-corrected chi connectivity index (χ1v) is 8.02. The Labute approximate surface area is 138 Å². The molecule has 1 aromatic rings. The maximum Gasteiger partial charge on any atom is 0.323 e. The monoisotopic (exact) mass is 339 g/mol. The number of halogens is 2. The van der Waals surface area contributed by atoms with Gasteiger partial charge in [-0.25, -0.2) is 8.78 Å². The molecule has 2 aliphatic rings. The van der Waals surface area contributed by atoms with E-state index < -0.39 is 23.5 Å². The van der Waals surface area contributed by atoms with Gasteiger partial charge in [-0.3, -0.25) is 9.59 Å². The first-order valence-electron chi connectivity index (χ1n) is 8.02. The van der Waals surface area contributed by atoms with Crippen LogP contribution in [0.5, 0.6) is 0 Å². The van der Waals surface area contributed by atoms with Crippen LogP contribution in [0.4, 0.5) is 8.78 Å². The largest absolute Gasteiger partial charge is 0.480 e. The van der Waals surface area contributed by atoms with Crippen LogP contribution in [0.3, 0.4) is 0 Å². The molecule has 0 radical (unpaired) electrons. The van der Waals surface area contributed by atoms with Crippen LogP contribution in [0.25, 0.3) is 0 Å². The predicted molar refractivity (Wildman–Crippen MR) is 80.4 cm³/mol. The second kappa shape index (κ2) is 6.84. The van der Waals surface area contributed by atoms with Crippen molar-refractivity contribution in [3.8, 4) is 0 Å². The number of hydrogen-bond donors (Lipinski definition) is 1. The lowest BCUT2D eigenvalue weighted by atomic mass is 10.0. The lowest BCUT2D eigenvalue weighted by Crippen LogP contribution is -2.46. The Bertz CT molecular complexity index is 645. The summed E-state index contributed by atoms with van der Waals surface area (Å²) in [5, 5.41) is 9.10. The van der Waals surface area contributed by atoms with Crippen LogP contribution < -0.4 is 0 Å². The van der Waals surface area contributed by atoms with E-state index in [2.05, 4.69) is 0 Å². The van der Waals surface area contributed by atoms with E-state index in [0.717, 1.165) is 6.07 Å². The summed E-state index contributed by atoms with van der Waals surface area (Å²) < 4.78 is 32.1. The zero-order valence-corrected chi connectivity index (χ0v) is 13.1. The van der Waals surface area contributed by atoms with E-state index in [1.165, 1.54) is 17.0 Å². The van der Waals surface area contributed by atoms with Gasteiger partial charge in [0.25, 0.3) is 0 Å². The van der Waals surface area contributed by atoms with Crippen LogP contribution in [0.15, 0.2) is 18.2 Å². The Kier molecular flexibility index (Phi) is 4.80. The fraction of sp³-hybridized carbons (Fsp3) is 0.529. The maximum atomic E-state index is 13.9. The number of carboxylic acid groups (broad SMARTS) is 1. The van der Waals surface area contributed by atoms with Crippen LogP contribution in [-0.4, -0.2) is 47.7 Å². The Morgan fingerprint density at radius 3 is 2.58 bits per heavy atom. The molecule has 1 saturated heterocycles. The summed E-state index contributed by atoms with van der Waals surface area (Å²) in [6.45, 7) is 0.627. The van der Waals surface area contributed by atoms with Crippen molar-refractivity contribution in [2.45, 2.75) is 31.2 Å². The van der Waals surface area contributed by atoms with Gasteiger partial charge in [0.05, 0.1) is 0 Å². The summed E-state index contributed by atoms with van der Waals surface area (Å²) in [4.78, 5) is 25.2. The molecule has 0 spiro atoms. The molecule has 0 bridgehead atoms. The Hall–Kier alpha value is -2.02. The second-order valence-corrected chi connectivity index (χ2v) is 6.32. The highest BCUT2D eigenvalue weighted by atomic mass is 19.1. The van der Waals surface area contributed by atoms with E-state index >= 15 is 0 Å². The van der Waals surface area contributed by atoms with Gasteiger partial charge in [-0.05, 0) is 36.8 Å². The molecule has 130 valence electrons. The molecule has 0 unspecified atom stereocenters. The van der Waals surface area contributed by atoms with Crippen LogP contribution in [0, 0.1) is 17.6 Å². The summed E-state index contributed by atoms with van der Waals surface area (Å²) in [7, 11) is 0. The van der Waals surface area contributed by atoms with Crippen molar-refractivity contribution in [1.82, 2.24) is 4.90 Å². The number of ether oxygens (including phenoxy) is 1. The van der Waals surface area contributed by atoms with Crippen molar-refractivity contribution in [3.63, 3.8) is 0 Å². The third kappa shape index (κ3) is 3.56. The number of carbonyl (C=O) groups excluding carboxylic acids is 1. The predicted octanol–water partition coefficient (Wildman–Crippen LogP) is 2.16. The average Bonchev–Trinajstić information content (AvgIpc) is 3.33. The topological polar surface area (TPSA) is 66.8 Å². The van der Waals surface area contributed by atoms with Gasteiger partial charge in [0.2, 0.25) is 5.91 Å². The minimum Gasteiger partial charge on any atom is -0.480 e. The summed E-state index contributed by atoms with van der Waals surface area (Å²) >= 11 is 0. The molecule has 1 aliphatic heterocycles. The Morgan fingerprint density at radius 2 is 1.96 bits per heavy atom. The summed E-state index contributed by atoms with van der Waals surface area (Å²) in [5.74, 6) is -3.40. The number of carboxylic acids is 1. The van der Waals surface area contributed by atoms with Crippen LogP contribution in [0.2, 0.25) is 0 Å². The lowest BCUT2D eigenvalue weighted by Gasteiger charge is -2.33. The van der Waals surface area contributed by atoms with Gasteiger partial charge in [-0.2, -0.15) is 0 Å². The first kappa shape index (κ1) is 16.8. The normalized spacial score (nSPS) is 23.8. The van der Waals surface area contributed by atoms with Crippen molar-refractivity contribution in [1.29, 1.82) is 0 Å². The molecule has 2 fully saturated rings. The minimum absolute atomic E-state index is 0.165. The van der Waals surface area contributed by atoms with E-state index in [1.54, 1.807) is 0 Å². The van der Waals surface area contributed by atoms with Crippen molar-refractivity contribution in [3.05, 3.63) is 35.4 Å². The van der Waals surface area contributed by atoms with Gasteiger partial charge in [0.15, 0.2) is 0 Å². The number of carbonyl (C=O) groups is 2. The molecular formula is C17H19F2NO4. The molecule has 2 atom stereocenters. The number of benzene rings is 1.